The van der Waals surface area contributed by atoms with Gasteiger partial charge in [0.1, 0.15) is 0 Å². The van der Waals surface area contributed by atoms with Crippen LogP contribution < -0.4 is 10.6 Å². The fourth-order valence-corrected chi connectivity index (χ4v) is 3.38. The molecule has 0 aliphatic rings. The average molecular weight is 506 g/mol. The molecule has 0 aromatic carbocycles. The molecule has 0 atom stereocenters. The Kier molecular flexibility index (Phi) is 20.0. The molecule has 0 saturated carbocycles. The monoisotopic (exact) mass is 505 g/mol. The molecule has 0 spiro atoms. The number of nitrogens with one attached hydrogen (secondary N) is 2. The van der Waals surface area contributed by atoms with Gasteiger partial charge >= 0.3 is 0 Å². The van der Waals surface area contributed by atoms with Gasteiger partial charge in [-0.15, -0.1) is 0 Å². The lowest BCUT2D eigenvalue weighted by molar-refractivity contribution is -0.121. The summed E-state index contributed by atoms with van der Waals surface area (Å²) >= 11 is 0. The zero-order valence-electron chi connectivity index (χ0n) is 23.0. The molecule has 0 radical (unpaired) electrons. The van der Waals surface area contributed by atoms with Crippen molar-refractivity contribution >= 4 is 11.8 Å². The first kappa shape index (κ1) is 31.8. The Morgan fingerprint density at radius 1 is 0.757 bits per heavy atom. The molecule has 1 heterocycles. The summed E-state index contributed by atoms with van der Waals surface area (Å²) in [7, 11) is 0. The molecular formula is C32H47N3O2. The van der Waals surface area contributed by atoms with Crippen LogP contribution in [0, 0.1) is 0 Å². The van der Waals surface area contributed by atoms with Crippen LogP contribution in [0.25, 0.3) is 0 Å². The maximum absolute atomic E-state index is 12.2. The van der Waals surface area contributed by atoms with Gasteiger partial charge in [0.15, 0.2) is 0 Å². The highest BCUT2D eigenvalue weighted by molar-refractivity contribution is 5.93. The van der Waals surface area contributed by atoms with E-state index in [-0.39, 0.29) is 11.8 Å². The van der Waals surface area contributed by atoms with Gasteiger partial charge in [-0.05, 0) is 69.9 Å². The van der Waals surface area contributed by atoms with E-state index in [4.69, 9.17) is 0 Å². The minimum absolute atomic E-state index is 0.0172. The molecule has 2 N–H and O–H groups in total. The minimum Gasteiger partial charge on any atom is -0.354 e. The molecule has 2 amide bonds. The maximum Gasteiger partial charge on any atom is 0.252 e. The van der Waals surface area contributed by atoms with Crippen molar-refractivity contribution in [1.29, 1.82) is 0 Å². The van der Waals surface area contributed by atoms with Crippen molar-refractivity contribution in [2.75, 3.05) is 13.1 Å². The molecular weight excluding hydrogens is 458 g/mol. The van der Waals surface area contributed by atoms with Crippen LogP contribution in [0.15, 0.2) is 79.1 Å². The van der Waals surface area contributed by atoms with Crippen molar-refractivity contribution in [2.24, 2.45) is 0 Å². The summed E-state index contributed by atoms with van der Waals surface area (Å²) in [4.78, 5) is 28.5. The zero-order valence-corrected chi connectivity index (χ0v) is 23.0. The van der Waals surface area contributed by atoms with Crippen molar-refractivity contribution in [2.45, 2.75) is 84.5 Å². The Labute approximate surface area is 224 Å². The third-order valence-corrected chi connectivity index (χ3v) is 5.54. The number of hydrogen-bond acceptors (Lipinski definition) is 3. The smallest absolute Gasteiger partial charge is 0.252 e. The Hall–Kier alpha value is -3.21. The average Bonchev–Trinajstić information content (AvgIpc) is 2.91. The highest BCUT2D eigenvalue weighted by Crippen LogP contribution is 2.04. The van der Waals surface area contributed by atoms with Gasteiger partial charge in [0.05, 0.1) is 5.56 Å². The highest BCUT2D eigenvalue weighted by atomic mass is 16.2. The van der Waals surface area contributed by atoms with E-state index in [0.29, 0.717) is 25.1 Å². The minimum atomic E-state index is -0.165. The number of aromatic nitrogens is 1. The number of aryl methyl sites for hydroxylation is 1. The number of allylic oxidation sites excluding steroid dienone is 10. The molecule has 5 heteroatoms. The molecule has 5 nitrogen and oxygen atoms in total. The molecule has 1 rings (SSSR count). The quantitative estimate of drug-likeness (QED) is 0.145. The first-order valence-electron chi connectivity index (χ1n) is 13.9. The van der Waals surface area contributed by atoms with E-state index in [1.165, 1.54) is 0 Å². The van der Waals surface area contributed by atoms with Crippen LogP contribution in [-0.4, -0.2) is 29.9 Å². The van der Waals surface area contributed by atoms with Crippen molar-refractivity contribution in [3.63, 3.8) is 0 Å². The molecule has 0 unspecified atom stereocenters. The van der Waals surface area contributed by atoms with Crippen LogP contribution in [0.2, 0.25) is 0 Å². The number of rotatable bonds is 20. The van der Waals surface area contributed by atoms with Crippen LogP contribution in [0.5, 0.6) is 0 Å². The van der Waals surface area contributed by atoms with Gasteiger partial charge in [-0.3, -0.25) is 14.6 Å². The lowest BCUT2D eigenvalue weighted by Crippen LogP contribution is -2.34. The summed E-state index contributed by atoms with van der Waals surface area (Å²) in [5.74, 6) is -0.147. The van der Waals surface area contributed by atoms with E-state index in [2.05, 4.69) is 90.2 Å². The maximum atomic E-state index is 12.2. The second kappa shape index (κ2) is 23.2. The van der Waals surface area contributed by atoms with E-state index in [9.17, 15) is 9.59 Å². The van der Waals surface area contributed by atoms with Gasteiger partial charge in [0.25, 0.3) is 5.91 Å². The van der Waals surface area contributed by atoms with Gasteiger partial charge in [0.2, 0.25) is 5.91 Å². The van der Waals surface area contributed by atoms with E-state index < -0.39 is 0 Å². The lowest BCUT2D eigenvalue weighted by atomic mass is 10.1. The van der Waals surface area contributed by atoms with Gasteiger partial charge < -0.3 is 10.6 Å². The molecule has 0 bridgehead atoms. The summed E-state index contributed by atoms with van der Waals surface area (Å²) < 4.78 is 0. The molecule has 0 aliphatic heterocycles. The third kappa shape index (κ3) is 18.7. The highest BCUT2D eigenvalue weighted by Gasteiger charge is 2.06. The van der Waals surface area contributed by atoms with Crippen LogP contribution in [0.1, 0.15) is 94.1 Å². The second-order valence-electron chi connectivity index (χ2n) is 8.85. The number of amides is 2. The standard InChI is InChI=1S/C32H47N3O2/c1-3-5-7-8-9-10-11-12-13-14-15-16-17-18-19-20-21-23-31(36)33-26-27-34-32(37)29-24-25-30(35-28-29)22-6-4-2/h5,7,9-10,12-13,15-16,18-19,24-25,28H,3-4,6,8,11,14,17,20-23,26-27H2,1-2H3,(H,33,36)(H,34,37). The zero-order chi connectivity index (χ0) is 26.8. The van der Waals surface area contributed by atoms with E-state index in [1.54, 1.807) is 12.3 Å². The summed E-state index contributed by atoms with van der Waals surface area (Å²) in [6.07, 6.45) is 33.8. The molecule has 0 aliphatic carbocycles. The Balaban J connectivity index is 2.01. The first-order valence-corrected chi connectivity index (χ1v) is 13.9. The number of pyridine rings is 1. The van der Waals surface area contributed by atoms with Crippen LogP contribution in [0.3, 0.4) is 0 Å². The molecule has 1 aromatic heterocycles. The lowest BCUT2D eigenvalue weighted by Gasteiger charge is -2.07. The van der Waals surface area contributed by atoms with Crippen LogP contribution >= 0.6 is 0 Å². The van der Waals surface area contributed by atoms with Crippen molar-refractivity contribution in [3.05, 3.63) is 90.3 Å². The second-order valence-corrected chi connectivity index (χ2v) is 8.85. The van der Waals surface area contributed by atoms with Crippen molar-refractivity contribution in [3.8, 4) is 0 Å². The molecule has 37 heavy (non-hydrogen) atoms. The molecule has 202 valence electrons. The predicted octanol–water partition coefficient (Wildman–Crippen LogP) is 7.19. The van der Waals surface area contributed by atoms with Gasteiger partial charge in [0, 0.05) is 31.4 Å². The normalized spacial score (nSPS) is 12.1. The Morgan fingerprint density at radius 2 is 1.35 bits per heavy atom. The fraction of sp³-hybridized carbons (Fsp3) is 0.469. The number of carbonyl (C=O) groups is 2. The summed E-state index contributed by atoms with van der Waals surface area (Å²) in [5.41, 5.74) is 1.55. The van der Waals surface area contributed by atoms with Crippen molar-refractivity contribution in [1.82, 2.24) is 15.6 Å². The largest absolute Gasteiger partial charge is 0.354 e. The predicted molar refractivity (Wildman–Crippen MR) is 157 cm³/mol. The Bertz CT molecular complexity index is 880. The molecule has 0 saturated heterocycles. The van der Waals surface area contributed by atoms with E-state index >= 15 is 0 Å². The summed E-state index contributed by atoms with van der Waals surface area (Å²) in [6.45, 7) is 5.12. The summed E-state index contributed by atoms with van der Waals surface area (Å²) in [5, 5.41) is 5.68. The summed E-state index contributed by atoms with van der Waals surface area (Å²) in [6, 6.07) is 3.71. The van der Waals surface area contributed by atoms with Crippen LogP contribution in [0.4, 0.5) is 0 Å². The fourth-order valence-electron chi connectivity index (χ4n) is 3.38. The van der Waals surface area contributed by atoms with E-state index in [1.807, 2.05) is 6.07 Å². The van der Waals surface area contributed by atoms with Gasteiger partial charge in [-0.1, -0.05) is 81.0 Å². The van der Waals surface area contributed by atoms with Crippen molar-refractivity contribution < 1.29 is 9.59 Å². The van der Waals surface area contributed by atoms with E-state index in [0.717, 1.165) is 69.9 Å². The van der Waals surface area contributed by atoms with Gasteiger partial charge in [-0.2, -0.15) is 0 Å². The van der Waals surface area contributed by atoms with Gasteiger partial charge in [-0.25, -0.2) is 0 Å². The van der Waals surface area contributed by atoms with Crippen LogP contribution in [-0.2, 0) is 11.2 Å². The number of hydrogen-bond donors (Lipinski definition) is 2. The number of unbranched alkanes of at least 4 members (excludes halogenated alkanes) is 2. The first-order chi connectivity index (χ1) is 18.2. The topological polar surface area (TPSA) is 71.1 Å². The molecule has 1 aromatic rings. The third-order valence-electron chi connectivity index (χ3n) is 5.54. The molecule has 0 fully saturated rings. The number of carbonyl (C=O) groups excluding carboxylic acids is 2. The Morgan fingerprint density at radius 3 is 1.92 bits per heavy atom. The SMILES string of the molecule is CCC=CCC=CCC=CCC=CCC=CCCCC(=O)NCCNC(=O)c1ccc(CCCC)nc1. The number of nitrogens with zero attached hydrogens (tertiary/aromatic N) is 1.